The lowest BCUT2D eigenvalue weighted by Gasteiger charge is -2.04. The van der Waals surface area contributed by atoms with Gasteiger partial charge in [0, 0.05) is 16.5 Å². The molecule has 0 aliphatic heterocycles. The van der Waals surface area contributed by atoms with Crippen LogP contribution in [0.3, 0.4) is 0 Å². The van der Waals surface area contributed by atoms with Gasteiger partial charge >= 0.3 is 0 Å². The maximum absolute atomic E-state index is 13.4. The van der Waals surface area contributed by atoms with Gasteiger partial charge in [0.05, 0.1) is 0 Å². The second-order valence-corrected chi connectivity index (χ2v) is 4.97. The molecule has 17 heavy (non-hydrogen) atoms. The topological polar surface area (TPSA) is 0 Å². The number of rotatable bonds is 4. The normalized spacial score (nSPS) is 10.5. The summed E-state index contributed by atoms with van der Waals surface area (Å²) < 4.78 is 13.4. The minimum atomic E-state index is -0.141. The smallest absolute Gasteiger partial charge is 0.127 e. The minimum Gasteiger partial charge on any atom is -0.207 e. The summed E-state index contributed by atoms with van der Waals surface area (Å²) in [6, 6.07) is 14.9. The monoisotopic (exact) mass is 266 g/mol. The highest BCUT2D eigenvalue weighted by atomic mass is 35.5. The molecule has 0 aliphatic carbocycles. The Bertz CT molecular complexity index is 482. The lowest BCUT2D eigenvalue weighted by atomic mass is 10.2. The lowest BCUT2D eigenvalue weighted by Crippen LogP contribution is -1.86. The Hall–Kier alpha value is -0.990. The molecule has 0 saturated heterocycles. The molecule has 0 nitrogen and oxygen atoms in total. The van der Waals surface area contributed by atoms with E-state index in [0.717, 1.165) is 16.0 Å². The van der Waals surface area contributed by atoms with Gasteiger partial charge in [-0.25, -0.2) is 4.39 Å². The summed E-state index contributed by atoms with van der Waals surface area (Å²) in [5, 5.41) is 0. The summed E-state index contributed by atoms with van der Waals surface area (Å²) in [6.07, 6.45) is 0. The fourth-order valence-corrected chi connectivity index (χ4v) is 2.51. The van der Waals surface area contributed by atoms with Gasteiger partial charge in [-0.1, -0.05) is 30.3 Å². The number of hydrogen-bond acceptors (Lipinski definition) is 1. The van der Waals surface area contributed by atoms with Crippen LogP contribution in [0.4, 0.5) is 4.39 Å². The van der Waals surface area contributed by atoms with Crippen LogP contribution in [0.2, 0.25) is 0 Å². The zero-order valence-electron chi connectivity index (χ0n) is 9.20. The molecule has 0 spiro atoms. The van der Waals surface area contributed by atoms with Gasteiger partial charge in [0.1, 0.15) is 5.82 Å². The molecule has 0 saturated carbocycles. The van der Waals surface area contributed by atoms with E-state index in [4.69, 9.17) is 11.6 Å². The second-order valence-electron chi connectivity index (χ2n) is 3.66. The van der Waals surface area contributed by atoms with Crippen LogP contribution in [-0.4, -0.2) is 0 Å². The third-order valence-corrected chi connectivity index (χ3v) is 3.80. The average Bonchev–Trinajstić information content (AvgIpc) is 2.38. The van der Waals surface area contributed by atoms with E-state index in [2.05, 4.69) is 0 Å². The molecule has 2 aromatic carbocycles. The highest BCUT2D eigenvalue weighted by Gasteiger charge is 2.01. The van der Waals surface area contributed by atoms with Gasteiger partial charge in [-0.3, -0.25) is 0 Å². The van der Waals surface area contributed by atoms with E-state index in [0.29, 0.717) is 11.6 Å². The summed E-state index contributed by atoms with van der Waals surface area (Å²) >= 11 is 7.34. The van der Waals surface area contributed by atoms with Crippen LogP contribution in [0.15, 0.2) is 53.4 Å². The summed E-state index contributed by atoms with van der Waals surface area (Å²) in [4.78, 5) is 1.13. The van der Waals surface area contributed by atoms with Crippen molar-refractivity contribution in [2.24, 2.45) is 0 Å². The number of alkyl halides is 1. The summed E-state index contributed by atoms with van der Waals surface area (Å²) in [5.74, 6) is 1.03. The van der Waals surface area contributed by atoms with Crippen molar-refractivity contribution in [3.63, 3.8) is 0 Å². The third-order valence-electron chi connectivity index (χ3n) is 2.43. The van der Waals surface area contributed by atoms with Crippen molar-refractivity contribution in [2.75, 3.05) is 0 Å². The molecule has 0 amide bonds. The van der Waals surface area contributed by atoms with E-state index in [1.807, 2.05) is 36.4 Å². The summed E-state index contributed by atoms with van der Waals surface area (Å²) in [5.41, 5.74) is 1.83. The molecule has 0 unspecified atom stereocenters. The number of hydrogen-bond donors (Lipinski definition) is 0. The zero-order valence-corrected chi connectivity index (χ0v) is 10.8. The molecular weight excluding hydrogens is 255 g/mol. The fourth-order valence-electron chi connectivity index (χ4n) is 1.45. The van der Waals surface area contributed by atoms with E-state index in [1.165, 1.54) is 6.07 Å². The van der Waals surface area contributed by atoms with Gasteiger partial charge < -0.3 is 0 Å². The Balaban J connectivity index is 2.00. The Morgan fingerprint density at radius 3 is 2.35 bits per heavy atom. The molecule has 3 heteroatoms. The predicted octanol–water partition coefficient (Wildman–Crippen LogP) is 4.86. The van der Waals surface area contributed by atoms with Gasteiger partial charge in [0.25, 0.3) is 0 Å². The molecule has 0 atom stereocenters. The lowest BCUT2D eigenvalue weighted by molar-refractivity contribution is 0.617. The molecule has 0 aliphatic rings. The van der Waals surface area contributed by atoms with Crippen molar-refractivity contribution in [1.29, 1.82) is 0 Å². The van der Waals surface area contributed by atoms with Crippen molar-refractivity contribution in [1.82, 2.24) is 0 Å². The zero-order chi connectivity index (χ0) is 12.1. The van der Waals surface area contributed by atoms with Crippen molar-refractivity contribution in [3.05, 3.63) is 65.5 Å². The van der Waals surface area contributed by atoms with E-state index in [9.17, 15) is 4.39 Å². The van der Waals surface area contributed by atoms with Crippen molar-refractivity contribution < 1.29 is 4.39 Å². The molecule has 0 radical (unpaired) electrons. The van der Waals surface area contributed by atoms with Gasteiger partial charge in [0.2, 0.25) is 0 Å². The van der Waals surface area contributed by atoms with Crippen LogP contribution in [0.5, 0.6) is 0 Å². The van der Waals surface area contributed by atoms with Crippen LogP contribution >= 0.6 is 23.4 Å². The highest BCUT2D eigenvalue weighted by Crippen LogP contribution is 2.24. The number of thioether (sulfide) groups is 1. The SMILES string of the molecule is Fc1ccccc1CSc1ccc(CCl)cc1. The number of benzene rings is 2. The molecule has 0 fully saturated rings. The predicted molar refractivity (Wildman–Crippen MR) is 72.0 cm³/mol. The molecule has 0 heterocycles. The second kappa shape index (κ2) is 6.08. The molecule has 0 N–H and O–H groups in total. The van der Waals surface area contributed by atoms with Crippen LogP contribution < -0.4 is 0 Å². The van der Waals surface area contributed by atoms with Gasteiger partial charge in [0.15, 0.2) is 0 Å². The van der Waals surface area contributed by atoms with E-state index in [1.54, 1.807) is 17.8 Å². The highest BCUT2D eigenvalue weighted by molar-refractivity contribution is 7.98. The quantitative estimate of drug-likeness (QED) is 0.563. The molecule has 88 valence electrons. The molecule has 0 bridgehead atoms. The molecule has 2 rings (SSSR count). The van der Waals surface area contributed by atoms with Crippen LogP contribution in [0, 0.1) is 5.82 Å². The maximum atomic E-state index is 13.4. The number of halogens is 2. The molecule has 2 aromatic rings. The Morgan fingerprint density at radius 2 is 1.71 bits per heavy atom. The first-order valence-corrected chi connectivity index (χ1v) is 6.82. The Kier molecular flexibility index (Phi) is 4.46. The van der Waals surface area contributed by atoms with Gasteiger partial charge in [-0.2, -0.15) is 0 Å². The van der Waals surface area contributed by atoms with Crippen molar-refractivity contribution >= 4 is 23.4 Å². The first-order valence-electron chi connectivity index (χ1n) is 5.30. The largest absolute Gasteiger partial charge is 0.207 e. The third kappa shape index (κ3) is 3.48. The first kappa shape index (κ1) is 12.5. The van der Waals surface area contributed by atoms with E-state index in [-0.39, 0.29) is 5.82 Å². The van der Waals surface area contributed by atoms with Crippen LogP contribution in [0.25, 0.3) is 0 Å². The van der Waals surface area contributed by atoms with Crippen LogP contribution in [-0.2, 0) is 11.6 Å². The standard InChI is InChI=1S/C14H12ClFS/c15-9-11-5-7-13(8-6-11)17-10-12-3-1-2-4-14(12)16/h1-8H,9-10H2. The first-order chi connectivity index (χ1) is 8.29. The maximum Gasteiger partial charge on any atom is 0.127 e. The van der Waals surface area contributed by atoms with Crippen molar-refractivity contribution in [2.45, 2.75) is 16.5 Å². The van der Waals surface area contributed by atoms with Gasteiger partial charge in [-0.15, -0.1) is 23.4 Å². The average molecular weight is 267 g/mol. The fraction of sp³-hybridized carbons (Fsp3) is 0.143. The summed E-state index contributed by atoms with van der Waals surface area (Å²) in [7, 11) is 0. The Morgan fingerprint density at radius 1 is 1.00 bits per heavy atom. The van der Waals surface area contributed by atoms with Gasteiger partial charge in [-0.05, 0) is 29.3 Å². The van der Waals surface area contributed by atoms with Crippen LogP contribution in [0.1, 0.15) is 11.1 Å². The van der Waals surface area contributed by atoms with E-state index < -0.39 is 0 Å². The van der Waals surface area contributed by atoms with Crippen molar-refractivity contribution in [3.8, 4) is 0 Å². The minimum absolute atomic E-state index is 0.141. The Labute approximate surface area is 110 Å². The molecule has 0 aromatic heterocycles. The molecular formula is C14H12ClFS. The summed E-state index contributed by atoms with van der Waals surface area (Å²) in [6.45, 7) is 0. The van der Waals surface area contributed by atoms with E-state index >= 15 is 0 Å².